The van der Waals surface area contributed by atoms with E-state index in [1.165, 1.54) is 12.1 Å². The van der Waals surface area contributed by atoms with Gasteiger partial charge in [0, 0.05) is 31.9 Å². The van der Waals surface area contributed by atoms with Gasteiger partial charge in [0.2, 0.25) is 10.0 Å². The van der Waals surface area contributed by atoms with Gasteiger partial charge in [-0.25, -0.2) is 12.8 Å². The molecule has 0 unspecified atom stereocenters. The summed E-state index contributed by atoms with van der Waals surface area (Å²) in [4.78, 5) is 2.08. The topological polar surface area (TPSA) is 49.9 Å². The van der Waals surface area contributed by atoms with Gasteiger partial charge >= 0.3 is 0 Å². The fraction of sp³-hybridized carbons (Fsp3) is 0.368. The molecule has 1 aliphatic heterocycles. The van der Waals surface area contributed by atoms with Gasteiger partial charge in [0.15, 0.2) is 0 Å². The molecule has 1 fully saturated rings. The van der Waals surface area contributed by atoms with Crippen molar-refractivity contribution in [3.05, 3.63) is 59.9 Å². The molecule has 1 aliphatic rings. The average molecular weight is 378 g/mol. The highest BCUT2D eigenvalue weighted by molar-refractivity contribution is 7.89. The second-order valence-electron chi connectivity index (χ2n) is 6.28. The maximum absolute atomic E-state index is 13.0. The Bertz CT molecular complexity index is 832. The molecule has 0 saturated carbocycles. The lowest BCUT2D eigenvalue weighted by molar-refractivity contribution is 0.385. The number of hydrogen-bond donors (Lipinski definition) is 0. The van der Waals surface area contributed by atoms with Gasteiger partial charge in [-0.15, -0.1) is 0 Å². The fourth-order valence-electron chi connectivity index (χ4n) is 3.08. The van der Waals surface area contributed by atoms with Gasteiger partial charge in [0.1, 0.15) is 11.6 Å². The van der Waals surface area contributed by atoms with E-state index in [0.717, 1.165) is 17.0 Å². The van der Waals surface area contributed by atoms with E-state index in [0.29, 0.717) is 32.6 Å². The quantitative estimate of drug-likeness (QED) is 0.775. The van der Waals surface area contributed by atoms with Gasteiger partial charge < -0.3 is 9.64 Å². The van der Waals surface area contributed by atoms with E-state index in [2.05, 4.69) is 4.90 Å². The SMILES string of the molecule is COc1cccc(CCS(=O)(=O)N2CCN(c3ccc(F)cc3)CC2)c1. The van der Waals surface area contributed by atoms with Crippen LogP contribution in [0.15, 0.2) is 48.5 Å². The standard InChI is InChI=1S/C19H23FN2O3S/c1-25-19-4-2-3-16(15-19)9-14-26(23,24)22-12-10-21(11-13-22)18-7-5-17(20)6-8-18/h2-8,15H,9-14H2,1H3. The molecular weight excluding hydrogens is 355 g/mol. The summed E-state index contributed by atoms with van der Waals surface area (Å²) in [6.07, 6.45) is 0.456. The highest BCUT2D eigenvalue weighted by Crippen LogP contribution is 2.19. The first-order valence-corrected chi connectivity index (χ1v) is 10.2. The second kappa shape index (κ2) is 8.05. The molecule has 0 amide bonds. The first-order chi connectivity index (χ1) is 12.5. The first-order valence-electron chi connectivity index (χ1n) is 8.59. The van der Waals surface area contributed by atoms with Crippen LogP contribution in [-0.4, -0.2) is 51.8 Å². The van der Waals surface area contributed by atoms with E-state index in [9.17, 15) is 12.8 Å². The molecule has 140 valence electrons. The maximum Gasteiger partial charge on any atom is 0.214 e. The summed E-state index contributed by atoms with van der Waals surface area (Å²) in [5.41, 5.74) is 1.86. The van der Waals surface area contributed by atoms with E-state index in [4.69, 9.17) is 4.74 Å². The lowest BCUT2D eigenvalue weighted by Crippen LogP contribution is -2.49. The van der Waals surface area contributed by atoms with Crippen molar-refractivity contribution in [2.24, 2.45) is 0 Å². The van der Waals surface area contributed by atoms with Crippen molar-refractivity contribution in [2.45, 2.75) is 6.42 Å². The highest BCUT2D eigenvalue weighted by Gasteiger charge is 2.26. The van der Waals surface area contributed by atoms with Crippen molar-refractivity contribution >= 4 is 15.7 Å². The number of nitrogens with zero attached hydrogens (tertiary/aromatic N) is 2. The third-order valence-electron chi connectivity index (χ3n) is 4.61. The molecule has 0 N–H and O–H groups in total. The lowest BCUT2D eigenvalue weighted by Gasteiger charge is -2.35. The largest absolute Gasteiger partial charge is 0.497 e. The van der Waals surface area contributed by atoms with Crippen LogP contribution in [0.3, 0.4) is 0 Å². The molecule has 0 radical (unpaired) electrons. The third kappa shape index (κ3) is 4.53. The van der Waals surface area contributed by atoms with Crippen LogP contribution in [0.1, 0.15) is 5.56 Å². The third-order valence-corrected chi connectivity index (χ3v) is 6.48. The smallest absolute Gasteiger partial charge is 0.214 e. The Kier molecular flexibility index (Phi) is 5.78. The summed E-state index contributed by atoms with van der Waals surface area (Å²) in [5.74, 6) is 0.539. The van der Waals surface area contributed by atoms with Crippen molar-refractivity contribution in [3.63, 3.8) is 0 Å². The van der Waals surface area contributed by atoms with Crippen LogP contribution in [0.25, 0.3) is 0 Å². The van der Waals surface area contributed by atoms with Crippen LogP contribution < -0.4 is 9.64 Å². The van der Waals surface area contributed by atoms with Crippen LogP contribution in [0.4, 0.5) is 10.1 Å². The van der Waals surface area contributed by atoms with Crippen molar-refractivity contribution in [1.82, 2.24) is 4.31 Å². The molecule has 0 atom stereocenters. The van der Waals surface area contributed by atoms with Crippen molar-refractivity contribution in [3.8, 4) is 5.75 Å². The van der Waals surface area contributed by atoms with Gasteiger partial charge in [-0.2, -0.15) is 4.31 Å². The van der Waals surface area contributed by atoms with Crippen LogP contribution >= 0.6 is 0 Å². The number of rotatable bonds is 6. The van der Waals surface area contributed by atoms with Crippen molar-refractivity contribution < 1.29 is 17.5 Å². The molecule has 3 rings (SSSR count). The number of halogens is 1. The Balaban J connectivity index is 1.56. The van der Waals surface area contributed by atoms with Crippen LogP contribution in [0.5, 0.6) is 5.75 Å². The molecule has 0 aliphatic carbocycles. The predicted octanol–water partition coefficient (Wildman–Crippen LogP) is 2.53. The average Bonchev–Trinajstić information content (AvgIpc) is 2.67. The molecule has 5 nitrogen and oxygen atoms in total. The van der Waals surface area contributed by atoms with Gasteiger partial charge in [-0.1, -0.05) is 12.1 Å². The zero-order valence-electron chi connectivity index (χ0n) is 14.8. The molecule has 1 saturated heterocycles. The van der Waals surface area contributed by atoms with E-state index in [1.807, 2.05) is 24.3 Å². The molecule has 2 aromatic rings. The number of anilines is 1. The molecular formula is C19H23FN2O3S. The number of piperazine rings is 1. The molecule has 0 aromatic heterocycles. The summed E-state index contributed by atoms with van der Waals surface area (Å²) in [6, 6.07) is 13.8. The molecule has 26 heavy (non-hydrogen) atoms. The number of aryl methyl sites for hydroxylation is 1. The Labute approximate surface area is 154 Å². The minimum absolute atomic E-state index is 0.0801. The molecule has 7 heteroatoms. The van der Waals surface area contributed by atoms with Gasteiger partial charge in [-0.05, 0) is 48.4 Å². The van der Waals surface area contributed by atoms with E-state index in [1.54, 1.807) is 23.5 Å². The number of benzene rings is 2. The number of ether oxygens (including phenoxy) is 1. The van der Waals surface area contributed by atoms with Crippen LogP contribution in [0, 0.1) is 5.82 Å². The summed E-state index contributed by atoms with van der Waals surface area (Å²) >= 11 is 0. The maximum atomic E-state index is 13.0. The molecule has 0 spiro atoms. The zero-order chi connectivity index (χ0) is 18.6. The van der Waals surface area contributed by atoms with Gasteiger partial charge in [0.05, 0.1) is 12.9 Å². The monoisotopic (exact) mass is 378 g/mol. The predicted molar refractivity (Wildman–Crippen MR) is 101 cm³/mol. The van der Waals surface area contributed by atoms with E-state index < -0.39 is 10.0 Å². The minimum Gasteiger partial charge on any atom is -0.497 e. The summed E-state index contributed by atoms with van der Waals surface area (Å²) in [7, 11) is -1.71. The molecule has 2 aromatic carbocycles. The van der Waals surface area contributed by atoms with E-state index in [-0.39, 0.29) is 11.6 Å². The number of hydrogen-bond acceptors (Lipinski definition) is 4. The Morgan fingerprint density at radius 1 is 1.04 bits per heavy atom. The second-order valence-corrected chi connectivity index (χ2v) is 8.37. The molecule has 0 bridgehead atoms. The van der Waals surface area contributed by atoms with Crippen molar-refractivity contribution in [2.75, 3.05) is 43.9 Å². The van der Waals surface area contributed by atoms with Crippen molar-refractivity contribution in [1.29, 1.82) is 0 Å². The van der Waals surface area contributed by atoms with Gasteiger partial charge in [-0.3, -0.25) is 0 Å². The lowest BCUT2D eigenvalue weighted by atomic mass is 10.2. The summed E-state index contributed by atoms with van der Waals surface area (Å²) < 4.78 is 45.0. The van der Waals surface area contributed by atoms with Gasteiger partial charge in [0.25, 0.3) is 0 Å². The van der Waals surface area contributed by atoms with E-state index >= 15 is 0 Å². The Morgan fingerprint density at radius 3 is 2.38 bits per heavy atom. The summed E-state index contributed by atoms with van der Waals surface area (Å²) in [6.45, 7) is 2.09. The number of methoxy groups -OCH3 is 1. The normalized spacial score (nSPS) is 15.8. The Hall–Kier alpha value is -2.12. The Morgan fingerprint density at radius 2 is 1.73 bits per heavy atom. The zero-order valence-corrected chi connectivity index (χ0v) is 15.6. The van der Waals surface area contributed by atoms with Crippen LogP contribution in [-0.2, 0) is 16.4 Å². The number of sulfonamides is 1. The fourth-order valence-corrected chi connectivity index (χ4v) is 4.55. The minimum atomic E-state index is -3.31. The molecule has 1 heterocycles. The highest BCUT2D eigenvalue weighted by atomic mass is 32.2. The summed E-state index contributed by atoms with van der Waals surface area (Å²) in [5, 5.41) is 0. The van der Waals surface area contributed by atoms with Crippen LogP contribution in [0.2, 0.25) is 0 Å². The first kappa shape index (κ1) is 18.7.